The van der Waals surface area contributed by atoms with E-state index in [1.165, 1.54) is 0 Å². The van der Waals surface area contributed by atoms with E-state index in [0.29, 0.717) is 11.7 Å². The normalized spacial score (nSPS) is 12.4. The Morgan fingerprint density at radius 3 is 2.62 bits per heavy atom. The molecule has 1 atom stereocenters. The van der Waals surface area contributed by atoms with Gasteiger partial charge in [-0.05, 0) is 18.9 Å². The van der Waals surface area contributed by atoms with Gasteiger partial charge in [-0.2, -0.15) is 4.98 Å². The maximum Gasteiger partial charge on any atom is 0.223 e. The first-order chi connectivity index (χ1) is 12.7. The lowest BCUT2D eigenvalue weighted by Gasteiger charge is -2.15. The van der Waals surface area contributed by atoms with Crippen LogP contribution in [0.25, 0.3) is 21.3 Å². The lowest BCUT2D eigenvalue weighted by Crippen LogP contribution is -2.13. The second-order valence-electron chi connectivity index (χ2n) is 6.09. The first-order valence-electron chi connectivity index (χ1n) is 8.53. The number of nitrogens with zero attached hydrogens (tertiary/aromatic N) is 4. The van der Waals surface area contributed by atoms with E-state index in [1.54, 1.807) is 18.3 Å². The van der Waals surface area contributed by atoms with Gasteiger partial charge in [-0.25, -0.2) is 9.97 Å². The van der Waals surface area contributed by atoms with Gasteiger partial charge in [0.05, 0.1) is 11.4 Å². The van der Waals surface area contributed by atoms with Crippen molar-refractivity contribution in [3.63, 3.8) is 0 Å². The van der Waals surface area contributed by atoms with E-state index in [4.69, 9.17) is 4.52 Å². The van der Waals surface area contributed by atoms with Crippen LogP contribution in [-0.2, 0) is 0 Å². The third-order valence-corrected chi connectivity index (χ3v) is 5.08. The van der Waals surface area contributed by atoms with Crippen molar-refractivity contribution in [1.82, 2.24) is 20.1 Å². The van der Waals surface area contributed by atoms with Crippen LogP contribution >= 0.6 is 11.3 Å². The Hall–Kier alpha value is -2.80. The van der Waals surface area contributed by atoms with Gasteiger partial charge in [0.2, 0.25) is 5.89 Å². The molecule has 0 spiro atoms. The molecule has 0 radical (unpaired) electrons. The molecule has 3 aromatic heterocycles. The van der Waals surface area contributed by atoms with Crippen LogP contribution in [0.2, 0.25) is 0 Å². The van der Waals surface area contributed by atoms with Crippen LogP contribution < -0.4 is 5.32 Å². The Morgan fingerprint density at radius 2 is 1.92 bits per heavy atom. The molecule has 0 aliphatic rings. The highest BCUT2D eigenvalue weighted by molar-refractivity contribution is 7.17. The van der Waals surface area contributed by atoms with Crippen LogP contribution in [0.5, 0.6) is 0 Å². The van der Waals surface area contributed by atoms with Gasteiger partial charge in [0, 0.05) is 17.9 Å². The average Bonchev–Trinajstić information content (AvgIpc) is 3.26. The molecule has 3 heterocycles. The zero-order valence-electron chi connectivity index (χ0n) is 14.9. The van der Waals surface area contributed by atoms with Gasteiger partial charge in [-0.1, -0.05) is 42.4 Å². The van der Waals surface area contributed by atoms with E-state index >= 15 is 0 Å². The summed E-state index contributed by atoms with van der Waals surface area (Å²) < 4.78 is 5.14. The SMILES string of the molecule is CCC(Nc1nc(C)nc2scc(-c3ccccc3)c12)c1noc(C)n1. The third kappa shape index (κ3) is 3.06. The van der Waals surface area contributed by atoms with Crippen molar-refractivity contribution in [3.8, 4) is 11.1 Å². The molecule has 1 unspecified atom stereocenters. The maximum absolute atomic E-state index is 5.14. The minimum absolute atomic E-state index is 0.0755. The number of fused-ring (bicyclic) bond motifs is 1. The molecule has 1 aromatic carbocycles. The number of nitrogens with one attached hydrogen (secondary N) is 1. The summed E-state index contributed by atoms with van der Waals surface area (Å²) in [6, 6.07) is 10.2. The summed E-state index contributed by atoms with van der Waals surface area (Å²) in [5.74, 6) is 2.75. The number of benzene rings is 1. The van der Waals surface area contributed by atoms with E-state index < -0.39 is 0 Å². The number of aryl methyl sites for hydroxylation is 2. The van der Waals surface area contributed by atoms with E-state index in [1.807, 2.05) is 25.1 Å². The van der Waals surface area contributed by atoms with Crippen molar-refractivity contribution in [2.45, 2.75) is 33.2 Å². The summed E-state index contributed by atoms with van der Waals surface area (Å²) in [6.07, 6.45) is 0.814. The van der Waals surface area contributed by atoms with E-state index in [-0.39, 0.29) is 6.04 Å². The summed E-state index contributed by atoms with van der Waals surface area (Å²) in [4.78, 5) is 14.6. The molecule has 4 aromatic rings. The van der Waals surface area contributed by atoms with Gasteiger partial charge < -0.3 is 9.84 Å². The Bertz CT molecular complexity index is 1040. The zero-order chi connectivity index (χ0) is 18.1. The summed E-state index contributed by atoms with van der Waals surface area (Å²) in [5, 5.41) is 10.7. The predicted molar refractivity (Wildman–Crippen MR) is 103 cm³/mol. The molecule has 0 aliphatic heterocycles. The van der Waals surface area contributed by atoms with Crippen LogP contribution in [0.15, 0.2) is 40.2 Å². The van der Waals surface area contributed by atoms with Crippen molar-refractivity contribution >= 4 is 27.4 Å². The van der Waals surface area contributed by atoms with Crippen LogP contribution in [0, 0.1) is 13.8 Å². The number of thiophene rings is 1. The fraction of sp³-hybridized carbons (Fsp3) is 0.263. The summed E-state index contributed by atoms with van der Waals surface area (Å²) in [7, 11) is 0. The molecule has 0 fully saturated rings. The molecule has 0 saturated heterocycles. The smallest absolute Gasteiger partial charge is 0.223 e. The molecule has 6 nitrogen and oxygen atoms in total. The van der Waals surface area contributed by atoms with Gasteiger partial charge in [-0.3, -0.25) is 0 Å². The second kappa shape index (κ2) is 6.84. The number of hydrogen-bond acceptors (Lipinski definition) is 7. The maximum atomic E-state index is 5.14. The van der Waals surface area contributed by atoms with Crippen LogP contribution in [-0.4, -0.2) is 20.1 Å². The van der Waals surface area contributed by atoms with Gasteiger partial charge in [0.25, 0.3) is 0 Å². The van der Waals surface area contributed by atoms with Crippen molar-refractivity contribution in [1.29, 1.82) is 0 Å². The Kier molecular flexibility index (Phi) is 4.38. The molecule has 0 aliphatic carbocycles. The minimum Gasteiger partial charge on any atom is -0.359 e. The molecule has 7 heteroatoms. The Morgan fingerprint density at radius 1 is 1.12 bits per heavy atom. The lowest BCUT2D eigenvalue weighted by molar-refractivity contribution is 0.384. The molecular weight excluding hydrogens is 346 g/mol. The predicted octanol–water partition coefficient (Wildman–Crippen LogP) is 4.92. The molecule has 132 valence electrons. The average molecular weight is 365 g/mol. The van der Waals surface area contributed by atoms with Gasteiger partial charge >= 0.3 is 0 Å². The van der Waals surface area contributed by atoms with Gasteiger partial charge in [-0.15, -0.1) is 11.3 Å². The number of rotatable bonds is 5. The van der Waals surface area contributed by atoms with Crippen molar-refractivity contribution in [3.05, 3.63) is 53.3 Å². The Balaban J connectivity index is 1.82. The van der Waals surface area contributed by atoms with Crippen LogP contribution in [0.3, 0.4) is 0 Å². The lowest BCUT2D eigenvalue weighted by atomic mass is 10.1. The van der Waals surface area contributed by atoms with Crippen molar-refractivity contribution in [2.24, 2.45) is 0 Å². The topological polar surface area (TPSA) is 76.7 Å². The molecule has 4 rings (SSSR count). The molecule has 0 bridgehead atoms. The van der Waals surface area contributed by atoms with Gasteiger partial charge in [0.1, 0.15) is 16.5 Å². The Labute approximate surface area is 155 Å². The fourth-order valence-corrected chi connectivity index (χ4v) is 3.95. The van der Waals surface area contributed by atoms with E-state index in [0.717, 1.165) is 39.4 Å². The summed E-state index contributed by atoms with van der Waals surface area (Å²) in [5.41, 5.74) is 2.28. The van der Waals surface area contributed by atoms with Crippen LogP contribution in [0.4, 0.5) is 5.82 Å². The molecule has 0 saturated carbocycles. The number of anilines is 1. The third-order valence-electron chi connectivity index (χ3n) is 4.20. The molecule has 26 heavy (non-hydrogen) atoms. The van der Waals surface area contributed by atoms with E-state index in [9.17, 15) is 0 Å². The molecule has 1 N–H and O–H groups in total. The first-order valence-corrected chi connectivity index (χ1v) is 9.41. The monoisotopic (exact) mass is 365 g/mol. The van der Waals surface area contributed by atoms with Crippen molar-refractivity contribution < 1.29 is 4.52 Å². The first kappa shape index (κ1) is 16.7. The minimum atomic E-state index is -0.0755. The standard InChI is InChI=1S/C19H19N5OS/c1-4-15(17-22-12(3)25-24-17)23-18-16-14(13-8-6-5-7-9-13)10-26-19(16)21-11(2)20-18/h5-10,15H,4H2,1-3H3,(H,20,21,23). The zero-order valence-corrected chi connectivity index (χ0v) is 15.7. The number of aromatic nitrogens is 4. The van der Waals surface area contributed by atoms with Gasteiger partial charge in [0.15, 0.2) is 5.82 Å². The second-order valence-corrected chi connectivity index (χ2v) is 6.95. The molecular formula is C19H19N5OS. The van der Waals surface area contributed by atoms with Crippen molar-refractivity contribution in [2.75, 3.05) is 5.32 Å². The quantitative estimate of drug-likeness (QED) is 0.541. The summed E-state index contributed by atoms with van der Waals surface area (Å²) in [6.45, 7) is 5.79. The fourth-order valence-electron chi connectivity index (χ4n) is 2.95. The summed E-state index contributed by atoms with van der Waals surface area (Å²) >= 11 is 1.63. The largest absolute Gasteiger partial charge is 0.359 e. The highest BCUT2D eigenvalue weighted by Gasteiger charge is 2.20. The van der Waals surface area contributed by atoms with E-state index in [2.05, 4.69) is 49.9 Å². The van der Waals surface area contributed by atoms with Crippen LogP contribution in [0.1, 0.15) is 36.9 Å². The highest BCUT2D eigenvalue weighted by atomic mass is 32.1. The number of hydrogen-bond donors (Lipinski definition) is 1. The highest BCUT2D eigenvalue weighted by Crippen LogP contribution is 2.38. The molecule has 0 amide bonds.